The van der Waals surface area contributed by atoms with Crippen LogP contribution in [-0.2, 0) is 13.0 Å². The minimum atomic E-state index is -0.742. The molecule has 0 unspecified atom stereocenters. The fourth-order valence-electron chi connectivity index (χ4n) is 4.16. The summed E-state index contributed by atoms with van der Waals surface area (Å²) in [5.41, 5.74) is 4.61. The third-order valence-corrected chi connectivity index (χ3v) is 4.98. The molecule has 0 saturated carbocycles. The first-order valence-electron chi connectivity index (χ1n) is 7.76. The van der Waals surface area contributed by atoms with Crippen molar-refractivity contribution in [3.63, 3.8) is 0 Å². The van der Waals surface area contributed by atoms with Crippen LogP contribution in [0.1, 0.15) is 25.0 Å². The summed E-state index contributed by atoms with van der Waals surface area (Å²) in [4.78, 5) is 2.29. The summed E-state index contributed by atoms with van der Waals surface area (Å²) >= 11 is 0. The monoisotopic (exact) mass is 282 g/mol. The van der Waals surface area contributed by atoms with E-state index in [0.717, 1.165) is 13.0 Å². The van der Waals surface area contributed by atoms with Gasteiger partial charge in [-0.25, -0.2) is 0 Å². The van der Waals surface area contributed by atoms with Gasteiger partial charge < -0.3 is 9.67 Å². The molecule has 1 aromatic heterocycles. The van der Waals surface area contributed by atoms with Gasteiger partial charge in [-0.15, -0.1) is 0 Å². The van der Waals surface area contributed by atoms with E-state index in [1.54, 1.807) is 0 Å². The van der Waals surface area contributed by atoms with Crippen LogP contribution in [0.4, 0.5) is 0 Å². The van der Waals surface area contributed by atoms with Gasteiger partial charge in [-0.1, -0.05) is 12.1 Å². The van der Waals surface area contributed by atoms with Gasteiger partial charge in [0.25, 0.3) is 0 Å². The Kier molecular flexibility index (Phi) is 2.63. The molecule has 0 bridgehead atoms. The smallest absolute Gasteiger partial charge is 0.0932 e. The highest BCUT2D eigenvalue weighted by Gasteiger charge is 2.37. The first-order valence-corrected chi connectivity index (χ1v) is 7.76. The summed E-state index contributed by atoms with van der Waals surface area (Å²) in [5, 5.41) is 11.9. The van der Waals surface area contributed by atoms with Crippen LogP contribution >= 0.6 is 0 Å². The molecule has 1 aromatic carbocycles. The van der Waals surface area contributed by atoms with Crippen molar-refractivity contribution in [2.24, 2.45) is 0 Å². The van der Waals surface area contributed by atoms with Crippen LogP contribution in [0, 0.1) is 0 Å². The van der Waals surface area contributed by atoms with Crippen molar-refractivity contribution in [1.82, 2.24) is 9.47 Å². The number of aromatic nitrogens is 1. The Hall–Kier alpha value is -1.58. The molecule has 0 amide bonds. The van der Waals surface area contributed by atoms with Gasteiger partial charge >= 0.3 is 0 Å². The zero-order valence-corrected chi connectivity index (χ0v) is 12.9. The average molecular weight is 282 g/mol. The molecule has 2 heterocycles. The standard InChI is InChI=1S/C18H22N2O/c1-4-20-10-12-8-16-14(9-18(2,21)11-19(16)3)13-6-5-7-15(20)17(12)13/h5-7,9-10,16,21H,4,8,11H2,1-3H3/t16-,18+/m0/s1. The van der Waals surface area contributed by atoms with Crippen molar-refractivity contribution in [2.75, 3.05) is 13.6 Å². The number of likely N-dealkylation sites (N-methyl/N-ethyl adjacent to an activating group) is 1. The van der Waals surface area contributed by atoms with Gasteiger partial charge in [0.15, 0.2) is 0 Å². The van der Waals surface area contributed by atoms with Gasteiger partial charge in [0.05, 0.1) is 5.60 Å². The highest BCUT2D eigenvalue weighted by atomic mass is 16.3. The number of aryl methyl sites for hydroxylation is 1. The molecule has 1 N–H and O–H groups in total. The van der Waals surface area contributed by atoms with E-state index in [2.05, 4.69) is 53.9 Å². The first-order chi connectivity index (χ1) is 10.00. The summed E-state index contributed by atoms with van der Waals surface area (Å²) in [5.74, 6) is 0. The van der Waals surface area contributed by atoms with Gasteiger partial charge in [0.1, 0.15) is 0 Å². The molecule has 1 aliphatic heterocycles. The second-order valence-corrected chi connectivity index (χ2v) is 6.73. The van der Waals surface area contributed by atoms with E-state index in [0.29, 0.717) is 12.6 Å². The number of hydrogen-bond acceptors (Lipinski definition) is 2. The quantitative estimate of drug-likeness (QED) is 0.871. The lowest BCUT2D eigenvalue weighted by Crippen LogP contribution is -2.49. The van der Waals surface area contributed by atoms with E-state index in [1.165, 1.54) is 27.6 Å². The lowest BCUT2D eigenvalue weighted by molar-refractivity contribution is 0.0543. The lowest BCUT2D eigenvalue weighted by atomic mass is 9.79. The number of β-amino-alcohol motifs (C(OH)–C–C–N with tert-alkyl or cyclic N) is 1. The Labute approximate surface area is 125 Å². The number of aliphatic hydroxyl groups is 1. The van der Waals surface area contributed by atoms with Crippen LogP contribution in [0.2, 0.25) is 0 Å². The molecule has 110 valence electrons. The minimum absolute atomic E-state index is 0.385. The summed E-state index contributed by atoms with van der Waals surface area (Å²) in [6.07, 6.45) is 5.43. The van der Waals surface area contributed by atoms with Crippen molar-refractivity contribution in [3.05, 3.63) is 41.6 Å². The molecule has 2 atom stereocenters. The SMILES string of the molecule is CCn1cc2c3c(cccc31)C1=C[C@@](C)(O)CN(C)[C@H]1C2. The summed E-state index contributed by atoms with van der Waals surface area (Å²) < 4.78 is 2.34. The molecule has 0 spiro atoms. The zero-order chi connectivity index (χ0) is 14.8. The number of nitrogens with zero attached hydrogens (tertiary/aromatic N) is 2. The maximum Gasteiger partial charge on any atom is 0.0932 e. The van der Waals surface area contributed by atoms with Gasteiger partial charge in [-0.05, 0) is 56.2 Å². The lowest BCUT2D eigenvalue weighted by Gasteiger charge is -2.42. The van der Waals surface area contributed by atoms with Crippen LogP contribution < -0.4 is 0 Å². The molecular weight excluding hydrogens is 260 g/mol. The Morgan fingerprint density at radius 1 is 1.38 bits per heavy atom. The van der Waals surface area contributed by atoms with Crippen molar-refractivity contribution in [2.45, 2.75) is 38.5 Å². The van der Waals surface area contributed by atoms with Gasteiger partial charge in [-0.2, -0.15) is 0 Å². The van der Waals surface area contributed by atoms with E-state index in [1.807, 2.05) is 6.92 Å². The number of rotatable bonds is 1. The van der Waals surface area contributed by atoms with Crippen LogP contribution in [0.25, 0.3) is 16.5 Å². The molecule has 2 aliphatic rings. The highest BCUT2D eigenvalue weighted by Crippen LogP contribution is 2.42. The minimum Gasteiger partial charge on any atom is -0.385 e. The van der Waals surface area contributed by atoms with E-state index < -0.39 is 5.60 Å². The van der Waals surface area contributed by atoms with Crippen molar-refractivity contribution >= 4 is 16.5 Å². The van der Waals surface area contributed by atoms with Gasteiger partial charge in [0.2, 0.25) is 0 Å². The molecule has 3 nitrogen and oxygen atoms in total. The molecule has 0 radical (unpaired) electrons. The fraction of sp³-hybridized carbons (Fsp3) is 0.444. The average Bonchev–Trinajstić information content (AvgIpc) is 2.79. The van der Waals surface area contributed by atoms with E-state index in [-0.39, 0.29) is 0 Å². The van der Waals surface area contributed by atoms with Crippen LogP contribution in [-0.4, -0.2) is 39.8 Å². The molecular formula is C18H22N2O. The number of hydrogen-bond donors (Lipinski definition) is 1. The molecule has 3 heteroatoms. The van der Waals surface area contributed by atoms with Gasteiger partial charge in [0, 0.05) is 36.2 Å². The second kappa shape index (κ2) is 4.21. The Morgan fingerprint density at radius 3 is 2.95 bits per heavy atom. The molecule has 0 fully saturated rings. The first kappa shape index (κ1) is 13.1. The molecule has 21 heavy (non-hydrogen) atoms. The number of benzene rings is 1. The van der Waals surface area contributed by atoms with E-state index >= 15 is 0 Å². The molecule has 0 saturated heterocycles. The van der Waals surface area contributed by atoms with Crippen LogP contribution in [0.5, 0.6) is 0 Å². The maximum atomic E-state index is 10.5. The van der Waals surface area contributed by atoms with E-state index in [4.69, 9.17) is 0 Å². The van der Waals surface area contributed by atoms with Crippen molar-refractivity contribution in [1.29, 1.82) is 0 Å². The Balaban J connectivity index is 2.02. The molecule has 1 aliphatic carbocycles. The highest BCUT2D eigenvalue weighted by molar-refractivity contribution is 5.98. The summed E-state index contributed by atoms with van der Waals surface area (Å²) in [6.45, 7) is 5.79. The third-order valence-electron chi connectivity index (χ3n) is 4.98. The predicted molar refractivity (Wildman–Crippen MR) is 86.3 cm³/mol. The predicted octanol–water partition coefficient (Wildman–Crippen LogP) is 2.67. The normalized spacial score (nSPS) is 28.6. The Bertz CT molecular complexity index is 754. The summed E-state index contributed by atoms with van der Waals surface area (Å²) in [6, 6.07) is 6.94. The fourth-order valence-corrected chi connectivity index (χ4v) is 4.16. The second-order valence-electron chi connectivity index (χ2n) is 6.73. The van der Waals surface area contributed by atoms with Crippen molar-refractivity contribution < 1.29 is 5.11 Å². The maximum absolute atomic E-state index is 10.5. The number of fused-ring (bicyclic) bond motifs is 2. The van der Waals surface area contributed by atoms with E-state index in [9.17, 15) is 5.11 Å². The zero-order valence-electron chi connectivity index (χ0n) is 12.9. The van der Waals surface area contributed by atoms with Crippen LogP contribution in [0.15, 0.2) is 30.5 Å². The third kappa shape index (κ3) is 1.81. The molecule has 2 aromatic rings. The largest absolute Gasteiger partial charge is 0.385 e. The van der Waals surface area contributed by atoms with Crippen molar-refractivity contribution in [3.8, 4) is 0 Å². The topological polar surface area (TPSA) is 28.4 Å². The summed E-state index contributed by atoms with van der Waals surface area (Å²) in [7, 11) is 2.12. The van der Waals surface area contributed by atoms with Gasteiger partial charge in [-0.3, -0.25) is 4.90 Å². The molecule has 4 rings (SSSR count). The van der Waals surface area contributed by atoms with Crippen LogP contribution in [0.3, 0.4) is 0 Å². The Morgan fingerprint density at radius 2 is 2.19 bits per heavy atom.